The summed E-state index contributed by atoms with van der Waals surface area (Å²) in [5.74, 6) is -0.914. The molecule has 25 heavy (non-hydrogen) atoms. The topological polar surface area (TPSA) is 57.6 Å². The van der Waals surface area contributed by atoms with E-state index in [-0.39, 0.29) is 5.91 Å². The Labute approximate surface area is 155 Å². The van der Waals surface area contributed by atoms with Crippen molar-refractivity contribution in [2.45, 2.75) is 116 Å². The van der Waals surface area contributed by atoms with Gasteiger partial charge in [-0.2, -0.15) is 0 Å². The second kappa shape index (κ2) is 16.4. The van der Waals surface area contributed by atoms with Gasteiger partial charge in [0.2, 0.25) is 5.91 Å². The van der Waals surface area contributed by atoms with E-state index in [0.29, 0.717) is 12.8 Å². The van der Waals surface area contributed by atoms with Gasteiger partial charge in [-0.15, -0.1) is 0 Å². The molecule has 4 heteroatoms. The molecule has 0 fully saturated rings. The van der Waals surface area contributed by atoms with Crippen LogP contribution in [0.5, 0.6) is 0 Å². The molecule has 0 radical (unpaired) electrons. The number of carbonyl (C=O) groups excluding carboxylic acids is 1. The third-order valence-electron chi connectivity index (χ3n) is 4.97. The molecule has 0 rings (SSSR count). The van der Waals surface area contributed by atoms with Crippen LogP contribution in [0.2, 0.25) is 0 Å². The Balaban J connectivity index is 3.69. The van der Waals surface area contributed by atoms with Crippen molar-refractivity contribution in [2.24, 2.45) is 0 Å². The number of likely N-dealkylation sites (N-methyl/N-ethyl adjacent to an activating group) is 1. The van der Waals surface area contributed by atoms with Gasteiger partial charge in [-0.3, -0.25) is 4.79 Å². The smallest absolute Gasteiger partial charge is 0.326 e. The van der Waals surface area contributed by atoms with Crippen molar-refractivity contribution < 1.29 is 14.7 Å². The van der Waals surface area contributed by atoms with Gasteiger partial charge in [0, 0.05) is 13.5 Å². The van der Waals surface area contributed by atoms with Crippen molar-refractivity contribution in [3.8, 4) is 0 Å². The maximum absolute atomic E-state index is 12.2. The molecule has 0 aliphatic heterocycles. The van der Waals surface area contributed by atoms with Crippen LogP contribution in [-0.4, -0.2) is 35.0 Å². The number of hydrogen-bond donors (Lipinski definition) is 1. The number of carboxylic acid groups (broad SMARTS) is 1. The quantitative estimate of drug-likeness (QED) is 0.336. The third kappa shape index (κ3) is 12.9. The molecule has 148 valence electrons. The summed E-state index contributed by atoms with van der Waals surface area (Å²) in [4.78, 5) is 24.9. The first-order valence-corrected chi connectivity index (χ1v) is 10.5. The van der Waals surface area contributed by atoms with Crippen molar-refractivity contribution >= 4 is 11.9 Å². The van der Waals surface area contributed by atoms with Gasteiger partial charge < -0.3 is 10.0 Å². The van der Waals surface area contributed by atoms with Crippen molar-refractivity contribution in [2.75, 3.05) is 7.05 Å². The van der Waals surface area contributed by atoms with Gasteiger partial charge in [-0.1, -0.05) is 90.9 Å². The van der Waals surface area contributed by atoms with Crippen LogP contribution in [0.25, 0.3) is 0 Å². The largest absolute Gasteiger partial charge is 0.480 e. The summed E-state index contributed by atoms with van der Waals surface area (Å²) in [6, 6.07) is -0.667. The predicted octanol–water partition coefficient (Wildman–Crippen LogP) is 5.79. The van der Waals surface area contributed by atoms with E-state index in [4.69, 9.17) is 0 Å². The first-order chi connectivity index (χ1) is 12.0. The van der Waals surface area contributed by atoms with Gasteiger partial charge in [-0.05, 0) is 12.8 Å². The molecular formula is C21H41NO3. The zero-order valence-corrected chi connectivity index (χ0v) is 16.9. The number of unbranched alkanes of at least 4 members (excludes halogenated alkanes) is 11. The first-order valence-electron chi connectivity index (χ1n) is 10.5. The second-order valence-electron chi connectivity index (χ2n) is 7.29. The molecule has 4 nitrogen and oxygen atoms in total. The van der Waals surface area contributed by atoms with Gasteiger partial charge in [-0.25, -0.2) is 4.79 Å². The Bertz CT molecular complexity index is 344. The molecule has 0 aliphatic rings. The molecular weight excluding hydrogens is 314 g/mol. The molecule has 1 amide bonds. The number of aliphatic carboxylic acids is 1. The highest BCUT2D eigenvalue weighted by Crippen LogP contribution is 2.14. The minimum Gasteiger partial charge on any atom is -0.480 e. The zero-order valence-electron chi connectivity index (χ0n) is 16.9. The molecule has 0 saturated heterocycles. The molecule has 0 saturated carbocycles. The third-order valence-corrected chi connectivity index (χ3v) is 4.97. The molecule has 0 aromatic carbocycles. The Morgan fingerprint density at radius 3 is 1.64 bits per heavy atom. The molecule has 1 atom stereocenters. The van der Waals surface area contributed by atoms with Crippen molar-refractivity contribution in [3.05, 3.63) is 0 Å². The van der Waals surface area contributed by atoms with E-state index in [0.717, 1.165) is 25.7 Å². The van der Waals surface area contributed by atoms with Crippen LogP contribution in [0, 0.1) is 0 Å². The predicted molar refractivity (Wildman–Crippen MR) is 105 cm³/mol. The molecule has 0 bridgehead atoms. The van der Waals surface area contributed by atoms with E-state index >= 15 is 0 Å². The average molecular weight is 356 g/mol. The van der Waals surface area contributed by atoms with Gasteiger partial charge >= 0.3 is 5.97 Å². The van der Waals surface area contributed by atoms with E-state index in [1.54, 1.807) is 7.05 Å². The molecule has 0 spiro atoms. The minimum atomic E-state index is -0.886. The lowest BCUT2D eigenvalue weighted by atomic mass is 10.0. The normalized spacial score (nSPS) is 12.1. The summed E-state index contributed by atoms with van der Waals surface area (Å²) >= 11 is 0. The fourth-order valence-corrected chi connectivity index (χ4v) is 3.17. The standard InChI is InChI=1S/C21H41NO3/c1-4-6-8-9-10-11-12-13-14-15-16-18-20(23)22(3)19(21(24)25)17-7-5-2/h19H,4-18H2,1-3H3,(H,24,25). The molecule has 1 N–H and O–H groups in total. The molecule has 0 aromatic rings. The summed E-state index contributed by atoms with van der Waals surface area (Å²) in [5.41, 5.74) is 0. The van der Waals surface area contributed by atoms with Crippen LogP contribution in [0.3, 0.4) is 0 Å². The summed E-state index contributed by atoms with van der Waals surface area (Å²) in [5, 5.41) is 9.29. The molecule has 0 heterocycles. The summed E-state index contributed by atoms with van der Waals surface area (Å²) < 4.78 is 0. The number of nitrogens with zero attached hydrogens (tertiary/aromatic N) is 1. The minimum absolute atomic E-state index is 0.0283. The maximum Gasteiger partial charge on any atom is 0.326 e. The highest BCUT2D eigenvalue weighted by molar-refractivity contribution is 5.83. The van der Waals surface area contributed by atoms with Gasteiger partial charge in [0.15, 0.2) is 0 Å². The van der Waals surface area contributed by atoms with E-state index in [9.17, 15) is 14.7 Å². The highest BCUT2D eigenvalue weighted by Gasteiger charge is 2.25. The fourth-order valence-electron chi connectivity index (χ4n) is 3.17. The molecule has 0 aliphatic carbocycles. The van der Waals surface area contributed by atoms with Gasteiger partial charge in [0.1, 0.15) is 6.04 Å². The SMILES string of the molecule is CCCCCCCCCCCCCC(=O)N(C)C(CCCC)C(=O)O. The molecule has 1 unspecified atom stereocenters. The number of amides is 1. The van der Waals surface area contributed by atoms with E-state index in [1.165, 1.54) is 62.7 Å². The molecule has 0 aromatic heterocycles. The zero-order chi connectivity index (χ0) is 18.9. The monoisotopic (exact) mass is 355 g/mol. The van der Waals surface area contributed by atoms with Crippen LogP contribution in [0.4, 0.5) is 0 Å². The lowest BCUT2D eigenvalue weighted by Crippen LogP contribution is -2.42. The summed E-state index contributed by atoms with van der Waals surface area (Å²) in [6.07, 6.45) is 16.6. The second-order valence-corrected chi connectivity index (χ2v) is 7.29. The summed E-state index contributed by atoms with van der Waals surface area (Å²) in [7, 11) is 1.63. The summed E-state index contributed by atoms with van der Waals surface area (Å²) in [6.45, 7) is 4.28. The fraction of sp³-hybridized carbons (Fsp3) is 0.905. The Kier molecular flexibility index (Phi) is 15.7. The Morgan fingerprint density at radius 2 is 1.20 bits per heavy atom. The number of carbonyl (C=O) groups is 2. The van der Waals surface area contributed by atoms with Crippen LogP contribution >= 0.6 is 0 Å². The number of rotatable bonds is 17. The van der Waals surface area contributed by atoms with Gasteiger partial charge in [0.25, 0.3) is 0 Å². The van der Waals surface area contributed by atoms with E-state index in [1.807, 2.05) is 6.92 Å². The van der Waals surface area contributed by atoms with Crippen LogP contribution < -0.4 is 0 Å². The Hall–Kier alpha value is -1.06. The average Bonchev–Trinajstić information content (AvgIpc) is 2.59. The van der Waals surface area contributed by atoms with Crippen LogP contribution in [0.1, 0.15) is 110 Å². The highest BCUT2D eigenvalue weighted by atomic mass is 16.4. The van der Waals surface area contributed by atoms with Crippen LogP contribution in [-0.2, 0) is 9.59 Å². The first kappa shape index (κ1) is 23.9. The van der Waals surface area contributed by atoms with E-state index in [2.05, 4.69) is 6.92 Å². The van der Waals surface area contributed by atoms with Crippen molar-refractivity contribution in [1.29, 1.82) is 0 Å². The van der Waals surface area contributed by atoms with E-state index < -0.39 is 12.0 Å². The Morgan fingerprint density at radius 1 is 0.760 bits per heavy atom. The number of hydrogen-bond acceptors (Lipinski definition) is 2. The maximum atomic E-state index is 12.2. The lowest BCUT2D eigenvalue weighted by Gasteiger charge is -2.24. The number of carboxylic acids is 1. The van der Waals surface area contributed by atoms with Crippen molar-refractivity contribution in [1.82, 2.24) is 4.90 Å². The van der Waals surface area contributed by atoms with Crippen molar-refractivity contribution in [3.63, 3.8) is 0 Å². The van der Waals surface area contributed by atoms with Crippen LogP contribution in [0.15, 0.2) is 0 Å². The lowest BCUT2D eigenvalue weighted by molar-refractivity contribution is -0.149. The van der Waals surface area contributed by atoms with Gasteiger partial charge in [0.05, 0.1) is 0 Å².